The number of nitrogens with one attached hydrogen (secondary N) is 1. The first-order valence-electron chi connectivity index (χ1n) is 4.27. The first-order chi connectivity index (χ1) is 5.77. The summed E-state index contributed by atoms with van der Waals surface area (Å²) in [5, 5.41) is 3.40. The van der Waals surface area contributed by atoms with Crippen LogP contribution in [0.25, 0.3) is 0 Å². The number of nitrogens with zero attached hydrogens (tertiary/aromatic N) is 1. The van der Waals surface area contributed by atoms with Gasteiger partial charge in [-0.25, -0.2) is 4.79 Å². The van der Waals surface area contributed by atoms with E-state index in [1.807, 2.05) is 16.7 Å². The fraction of sp³-hybridized carbons (Fsp3) is 0.875. The van der Waals surface area contributed by atoms with Gasteiger partial charge in [0.1, 0.15) is 0 Å². The molecule has 2 amide bonds. The molecule has 3 nitrogen and oxygen atoms in total. The van der Waals surface area contributed by atoms with Gasteiger partial charge in [0.25, 0.3) is 0 Å². The Bertz CT molecular complexity index is 155. The van der Waals surface area contributed by atoms with E-state index in [4.69, 9.17) is 0 Å². The Morgan fingerprint density at radius 2 is 2.08 bits per heavy atom. The molecule has 0 bridgehead atoms. The van der Waals surface area contributed by atoms with Crippen LogP contribution < -0.4 is 5.32 Å². The minimum atomic E-state index is 0.0644. The SMILES string of the molecule is CNC(=O)N1CCC(SC)CC1. The minimum absolute atomic E-state index is 0.0644. The highest BCUT2D eigenvalue weighted by atomic mass is 32.2. The van der Waals surface area contributed by atoms with Crippen molar-refractivity contribution in [2.45, 2.75) is 18.1 Å². The summed E-state index contributed by atoms with van der Waals surface area (Å²) >= 11 is 1.91. The minimum Gasteiger partial charge on any atom is -0.341 e. The quantitative estimate of drug-likeness (QED) is 0.669. The van der Waals surface area contributed by atoms with Crippen LogP contribution in [0.15, 0.2) is 0 Å². The molecule has 1 saturated heterocycles. The first kappa shape index (κ1) is 9.71. The van der Waals surface area contributed by atoms with Crippen molar-refractivity contribution in [2.24, 2.45) is 0 Å². The lowest BCUT2D eigenvalue weighted by Crippen LogP contribution is -2.43. The molecule has 0 atom stereocenters. The van der Waals surface area contributed by atoms with Gasteiger partial charge in [0.2, 0.25) is 0 Å². The van der Waals surface area contributed by atoms with E-state index in [0.717, 1.165) is 31.2 Å². The molecule has 1 aliphatic heterocycles. The van der Waals surface area contributed by atoms with E-state index in [1.54, 1.807) is 7.05 Å². The third-order valence-electron chi connectivity index (χ3n) is 2.28. The summed E-state index contributed by atoms with van der Waals surface area (Å²) < 4.78 is 0. The zero-order valence-corrected chi connectivity index (χ0v) is 8.49. The van der Waals surface area contributed by atoms with E-state index in [1.165, 1.54) is 0 Å². The summed E-state index contributed by atoms with van der Waals surface area (Å²) in [5.74, 6) is 0. The van der Waals surface area contributed by atoms with Gasteiger partial charge in [0, 0.05) is 25.4 Å². The van der Waals surface area contributed by atoms with Crippen molar-refractivity contribution >= 4 is 17.8 Å². The highest BCUT2D eigenvalue weighted by molar-refractivity contribution is 7.99. The van der Waals surface area contributed by atoms with Crippen molar-refractivity contribution in [2.75, 3.05) is 26.4 Å². The number of likely N-dealkylation sites (tertiary alicyclic amines) is 1. The average Bonchev–Trinajstić information content (AvgIpc) is 2.17. The summed E-state index contributed by atoms with van der Waals surface area (Å²) in [6, 6.07) is 0.0644. The van der Waals surface area contributed by atoms with Crippen molar-refractivity contribution in [3.05, 3.63) is 0 Å². The van der Waals surface area contributed by atoms with E-state index in [0.29, 0.717) is 0 Å². The van der Waals surface area contributed by atoms with Gasteiger partial charge >= 0.3 is 6.03 Å². The Hall–Kier alpha value is -0.380. The number of hydrogen-bond donors (Lipinski definition) is 1. The van der Waals surface area contributed by atoms with E-state index in [-0.39, 0.29) is 6.03 Å². The van der Waals surface area contributed by atoms with Crippen LogP contribution in [0.2, 0.25) is 0 Å². The summed E-state index contributed by atoms with van der Waals surface area (Å²) in [6.45, 7) is 1.82. The summed E-state index contributed by atoms with van der Waals surface area (Å²) in [6.07, 6.45) is 4.41. The lowest BCUT2D eigenvalue weighted by atomic mass is 10.1. The number of amides is 2. The molecule has 0 spiro atoms. The van der Waals surface area contributed by atoms with E-state index >= 15 is 0 Å². The zero-order valence-electron chi connectivity index (χ0n) is 7.67. The summed E-state index contributed by atoms with van der Waals surface area (Å²) in [5.41, 5.74) is 0. The van der Waals surface area contributed by atoms with Gasteiger partial charge in [0.15, 0.2) is 0 Å². The maximum atomic E-state index is 11.2. The van der Waals surface area contributed by atoms with Crippen LogP contribution in [0.3, 0.4) is 0 Å². The summed E-state index contributed by atoms with van der Waals surface area (Å²) in [4.78, 5) is 13.1. The average molecular weight is 188 g/mol. The Morgan fingerprint density at radius 1 is 1.50 bits per heavy atom. The molecule has 0 unspecified atom stereocenters. The molecule has 12 heavy (non-hydrogen) atoms. The second kappa shape index (κ2) is 4.60. The molecule has 1 fully saturated rings. The number of carbonyl (C=O) groups excluding carboxylic acids is 1. The Labute approximate surface area is 77.9 Å². The molecule has 0 saturated carbocycles. The lowest BCUT2D eigenvalue weighted by Gasteiger charge is -2.30. The van der Waals surface area contributed by atoms with Crippen molar-refractivity contribution in [1.29, 1.82) is 0 Å². The largest absolute Gasteiger partial charge is 0.341 e. The van der Waals surface area contributed by atoms with Crippen LogP contribution >= 0.6 is 11.8 Å². The standard InChI is InChI=1S/C8H16N2OS/c1-9-8(11)10-5-3-7(12-2)4-6-10/h7H,3-6H2,1-2H3,(H,9,11). The molecule has 0 aromatic rings. The summed E-state index contributed by atoms with van der Waals surface area (Å²) in [7, 11) is 1.68. The zero-order chi connectivity index (χ0) is 8.97. The van der Waals surface area contributed by atoms with Crippen LogP contribution in [-0.2, 0) is 0 Å². The monoisotopic (exact) mass is 188 g/mol. The molecule has 1 heterocycles. The Kier molecular flexibility index (Phi) is 3.72. The van der Waals surface area contributed by atoms with Crippen LogP contribution in [-0.4, -0.2) is 42.6 Å². The van der Waals surface area contributed by atoms with Crippen molar-refractivity contribution in [3.63, 3.8) is 0 Å². The van der Waals surface area contributed by atoms with Crippen molar-refractivity contribution < 1.29 is 4.79 Å². The maximum absolute atomic E-state index is 11.2. The number of carbonyl (C=O) groups is 1. The second-order valence-corrected chi connectivity index (χ2v) is 4.12. The number of urea groups is 1. The number of thioether (sulfide) groups is 1. The lowest BCUT2D eigenvalue weighted by molar-refractivity contribution is 0.190. The highest BCUT2D eigenvalue weighted by Gasteiger charge is 2.20. The van der Waals surface area contributed by atoms with Gasteiger partial charge in [-0.05, 0) is 19.1 Å². The van der Waals surface area contributed by atoms with Crippen LogP contribution in [0, 0.1) is 0 Å². The topological polar surface area (TPSA) is 32.3 Å². The molecule has 0 aromatic carbocycles. The predicted molar refractivity (Wildman–Crippen MR) is 52.6 cm³/mol. The Balaban J connectivity index is 2.30. The maximum Gasteiger partial charge on any atom is 0.317 e. The molecule has 1 rings (SSSR count). The van der Waals surface area contributed by atoms with E-state index in [2.05, 4.69) is 11.6 Å². The molecule has 1 aliphatic rings. The fourth-order valence-electron chi connectivity index (χ4n) is 1.45. The van der Waals surface area contributed by atoms with Crippen LogP contribution in [0.4, 0.5) is 4.79 Å². The third-order valence-corrected chi connectivity index (χ3v) is 3.41. The fourth-order valence-corrected chi connectivity index (χ4v) is 2.13. The molecule has 1 N–H and O–H groups in total. The van der Waals surface area contributed by atoms with Crippen molar-refractivity contribution in [3.8, 4) is 0 Å². The normalized spacial score (nSPS) is 19.3. The van der Waals surface area contributed by atoms with Gasteiger partial charge in [-0.2, -0.15) is 11.8 Å². The number of hydrogen-bond acceptors (Lipinski definition) is 2. The molecule has 70 valence electrons. The van der Waals surface area contributed by atoms with Crippen molar-refractivity contribution in [1.82, 2.24) is 10.2 Å². The van der Waals surface area contributed by atoms with E-state index < -0.39 is 0 Å². The van der Waals surface area contributed by atoms with Gasteiger partial charge in [-0.3, -0.25) is 0 Å². The van der Waals surface area contributed by atoms with Gasteiger partial charge in [-0.1, -0.05) is 0 Å². The molecular weight excluding hydrogens is 172 g/mol. The Morgan fingerprint density at radius 3 is 2.50 bits per heavy atom. The number of piperidine rings is 1. The van der Waals surface area contributed by atoms with Gasteiger partial charge < -0.3 is 10.2 Å². The highest BCUT2D eigenvalue weighted by Crippen LogP contribution is 2.20. The van der Waals surface area contributed by atoms with Crippen LogP contribution in [0.5, 0.6) is 0 Å². The first-order valence-corrected chi connectivity index (χ1v) is 5.56. The molecule has 0 aliphatic carbocycles. The van der Waals surface area contributed by atoms with Gasteiger partial charge in [-0.15, -0.1) is 0 Å². The van der Waals surface area contributed by atoms with Crippen LogP contribution in [0.1, 0.15) is 12.8 Å². The van der Waals surface area contributed by atoms with E-state index in [9.17, 15) is 4.79 Å². The second-order valence-electron chi connectivity index (χ2n) is 2.98. The molecule has 0 radical (unpaired) electrons. The van der Waals surface area contributed by atoms with Gasteiger partial charge in [0.05, 0.1) is 0 Å². The predicted octanol–water partition coefficient (Wildman–Crippen LogP) is 1.15. The number of rotatable bonds is 1. The molecule has 0 aromatic heterocycles. The molecule has 4 heteroatoms. The third kappa shape index (κ3) is 2.30. The molecular formula is C8H16N2OS. The smallest absolute Gasteiger partial charge is 0.317 e.